The minimum Gasteiger partial charge on any atom is -0.463 e. The number of rotatable bonds is 26. The highest BCUT2D eigenvalue weighted by atomic mass is 16.6. The predicted octanol–water partition coefficient (Wildman–Crippen LogP) is 1.66. The fourth-order valence-electron chi connectivity index (χ4n) is 3.28. The maximum absolute atomic E-state index is 11.6. The first-order valence-corrected chi connectivity index (χ1v) is 17.5. The molecule has 16 heteroatoms. The van der Waals surface area contributed by atoms with Gasteiger partial charge in [-0.1, -0.05) is 71.9 Å². The Morgan fingerprint density at radius 1 is 0.804 bits per heavy atom. The summed E-state index contributed by atoms with van der Waals surface area (Å²) in [7, 11) is 1.66. The zero-order chi connectivity index (χ0) is 39.5. The van der Waals surface area contributed by atoms with E-state index < -0.39 is 12.1 Å². The van der Waals surface area contributed by atoms with Crippen LogP contribution in [-0.2, 0) is 49.5 Å². The van der Waals surface area contributed by atoms with Crippen molar-refractivity contribution < 1.29 is 47.7 Å². The minimum atomic E-state index is -0.555. The van der Waals surface area contributed by atoms with E-state index >= 15 is 0 Å². The first kappa shape index (κ1) is 54.1. The molecule has 0 aliphatic rings. The predicted molar refractivity (Wildman–Crippen MR) is 199 cm³/mol. The van der Waals surface area contributed by atoms with Crippen LogP contribution in [0.1, 0.15) is 66.4 Å². The largest absolute Gasteiger partial charge is 0.463 e. The van der Waals surface area contributed by atoms with Crippen LogP contribution in [0, 0.1) is 5.92 Å². The van der Waals surface area contributed by atoms with Gasteiger partial charge in [-0.2, -0.15) is 0 Å². The molecular weight excluding hydrogens is 664 g/mol. The molecular formula is C35H68N6O10. The summed E-state index contributed by atoms with van der Waals surface area (Å²) >= 11 is 0. The zero-order valence-corrected chi connectivity index (χ0v) is 32.0. The summed E-state index contributed by atoms with van der Waals surface area (Å²) in [5.74, 6) is -0.497. The smallest absolute Gasteiger partial charge is 0.312 e. The number of benzene rings is 1. The zero-order valence-electron chi connectivity index (χ0n) is 32.0. The summed E-state index contributed by atoms with van der Waals surface area (Å²) in [5.41, 5.74) is 16.2. The molecule has 0 aromatic heterocycles. The third kappa shape index (κ3) is 42.4. The molecule has 9 N–H and O–H groups in total. The van der Waals surface area contributed by atoms with Crippen molar-refractivity contribution in [1.29, 1.82) is 0 Å². The highest BCUT2D eigenvalue weighted by Crippen LogP contribution is 1.99. The van der Waals surface area contributed by atoms with E-state index in [0.717, 1.165) is 11.8 Å². The first-order chi connectivity index (χ1) is 24.6. The molecule has 2 atom stereocenters. The van der Waals surface area contributed by atoms with Crippen LogP contribution in [0.3, 0.4) is 0 Å². The van der Waals surface area contributed by atoms with E-state index in [1.807, 2.05) is 71.9 Å². The van der Waals surface area contributed by atoms with Gasteiger partial charge in [0.2, 0.25) is 11.8 Å². The van der Waals surface area contributed by atoms with Crippen molar-refractivity contribution in [2.75, 3.05) is 73.0 Å². The molecule has 0 fully saturated rings. The van der Waals surface area contributed by atoms with Crippen molar-refractivity contribution in [2.45, 2.75) is 79.5 Å². The summed E-state index contributed by atoms with van der Waals surface area (Å²) in [6.45, 7) is 17.3. The van der Waals surface area contributed by atoms with Crippen molar-refractivity contribution in [3.05, 3.63) is 35.9 Å². The van der Waals surface area contributed by atoms with E-state index in [9.17, 15) is 24.0 Å². The molecule has 298 valence electrons. The maximum Gasteiger partial charge on any atom is 0.312 e. The van der Waals surface area contributed by atoms with Crippen molar-refractivity contribution in [2.24, 2.45) is 23.1 Å². The number of aldehydes is 1. The number of urea groups is 1. The fourth-order valence-corrected chi connectivity index (χ4v) is 3.28. The average Bonchev–Trinajstić information content (AvgIpc) is 3.14. The first-order valence-electron chi connectivity index (χ1n) is 17.5. The lowest BCUT2D eigenvalue weighted by Gasteiger charge is -2.16. The van der Waals surface area contributed by atoms with Gasteiger partial charge in [0.15, 0.2) is 0 Å². The second kappa shape index (κ2) is 44.4. The molecule has 0 saturated carbocycles. The van der Waals surface area contributed by atoms with Crippen LogP contribution >= 0.6 is 0 Å². The number of hydrogen-bond donors (Lipinski definition) is 6. The Kier molecular flexibility index (Phi) is 47.1. The highest BCUT2D eigenvalue weighted by Gasteiger charge is 2.14. The van der Waals surface area contributed by atoms with Crippen molar-refractivity contribution in [3.63, 3.8) is 0 Å². The number of hydrogen-bond acceptors (Lipinski definition) is 12. The van der Waals surface area contributed by atoms with Gasteiger partial charge in [-0.05, 0) is 31.4 Å². The fraction of sp³-hybridized carbons (Fsp3) is 0.686. The van der Waals surface area contributed by atoms with Crippen LogP contribution < -0.4 is 33.2 Å². The van der Waals surface area contributed by atoms with Crippen LogP contribution in [0.25, 0.3) is 0 Å². The summed E-state index contributed by atoms with van der Waals surface area (Å²) in [6.07, 6.45) is 2.23. The van der Waals surface area contributed by atoms with E-state index in [2.05, 4.69) is 20.7 Å². The standard InChI is InChI=1S/C16H32N2O6.C8H8O2.C7H16N4O2.2C2H6/c1-14(2)15(13-19)18-16(20)3-5-21-7-9-23-11-12-24-10-8-22-6-4-17;9-7-10-6-8-4-2-1-3-5-8;1-10-5(6(8)12)3-2-4-11-7(9)13;2*1-2/h13-15H,3-12,17H2,1-2H3,(H,18,20);1-5,7H,6H2;5,10H,2-4H2,1H3,(H2,8,12)(H3,9,11,13);2*1-2H3. The van der Waals surface area contributed by atoms with Gasteiger partial charge < -0.3 is 61.6 Å². The van der Waals surface area contributed by atoms with Crippen LogP contribution in [0.5, 0.6) is 0 Å². The monoisotopic (exact) mass is 732 g/mol. The summed E-state index contributed by atoms with van der Waals surface area (Å²) in [5, 5.41) is 7.85. The quantitative estimate of drug-likeness (QED) is 0.0588. The summed E-state index contributed by atoms with van der Waals surface area (Å²) in [6, 6.07) is 8.21. The topological polar surface area (TPSA) is 246 Å². The summed E-state index contributed by atoms with van der Waals surface area (Å²) < 4.78 is 25.6. The van der Waals surface area contributed by atoms with E-state index in [4.69, 9.17) is 36.1 Å². The molecule has 0 aliphatic carbocycles. The van der Waals surface area contributed by atoms with Crippen LogP contribution in [-0.4, -0.2) is 116 Å². The normalized spacial score (nSPS) is 10.8. The number of nitrogens with two attached hydrogens (primary N) is 3. The Morgan fingerprint density at radius 3 is 1.73 bits per heavy atom. The van der Waals surface area contributed by atoms with E-state index in [-0.39, 0.29) is 30.2 Å². The minimum absolute atomic E-state index is 0.0789. The lowest BCUT2D eigenvalue weighted by molar-refractivity contribution is -0.129. The molecule has 51 heavy (non-hydrogen) atoms. The molecule has 16 nitrogen and oxygen atoms in total. The lowest BCUT2D eigenvalue weighted by atomic mass is 10.1. The number of likely N-dealkylation sites (N-methyl/N-ethyl adjacent to an activating group) is 1. The summed E-state index contributed by atoms with van der Waals surface area (Å²) in [4.78, 5) is 53.1. The van der Waals surface area contributed by atoms with Gasteiger partial charge in [-0.3, -0.25) is 14.4 Å². The third-order valence-electron chi connectivity index (χ3n) is 5.87. The van der Waals surface area contributed by atoms with Crippen LogP contribution in [0.4, 0.5) is 4.79 Å². The van der Waals surface area contributed by atoms with Crippen LogP contribution in [0.15, 0.2) is 30.3 Å². The number of primary amides is 2. The molecule has 1 rings (SSSR count). The van der Waals surface area contributed by atoms with Crippen LogP contribution in [0.2, 0.25) is 0 Å². The van der Waals surface area contributed by atoms with Gasteiger partial charge in [0.25, 0.3) is 6.47 Å². The van der Waals surface area contributed by atoms with Gasteiger partial charge in [0.05, 0.1) is 64.9 Å². The number of carbonyl (C=O) groups is 5. The molecule has 1 aromatic rings. The second-order valence-electron chi connectivity index (χ2n) is 10.0. The molecule has 0 spiro atoms. The van der Waals surface area contributed by atoms with Gasteiger partial charge in [0.1, 0.15) is 12.9 Å². The Labute approximate surface area is 305 Å². The molecule has 4 amide bonds. The molecule has 0 bridgehead atoms. The molecule has 0 radical (unpaired) electrons. The van der Waals surface area contributed by atoms with Gasteiger partial charge in [-0.25, -0.2) is 4.79 Å². The number of amides is 4. The SMILES string of the molecule is CC.CC.CC(C)C(C=O)NC(=O)CCOCCOCCOCCOCCN.CNC(CCCNC(N)=O)C(N)=O.O=COCc1ccccc1. The van der Waals surface area contributed by atoms with Crippen molar-refractivity contribution >= 4 is 30.6 Å². The van der Waals surface area contributed by atoms with E-state index in [1.165, 1.54) is 0 Å². The average molecular weight is 733 g/mol. The molecule has 2 unspecified atom stereocenters. The molecule has 0 saturated heterocycles. The highest BCUT2D eigenvalue weighted by molar-refractivity contribution is 5.80. The number of carbonyl (C=O) groups excluding carboxylic acids is 5. The van der Waals surface area contributed by atoms with Gasteiger partial charge >= 0.3 is 6.03 Å². The maximum atomic E-state index is 11.6. The van der Waals surface area contributed by atoms with E-state index in [1.54, 1.807) is 7.05 Å². The van der Waals surface area contributed by atoms with Crippen molar-refractivity contribution in [3.8, 4) is 0 Å². The molecule has 0 heterocycles. The Bertz CT molecular complexity index is 930. The number of ether oxygens (including phenoxy) is 5. The van der Waals surface area contributed by atoms with Gasteiger partial charge in [0, 0.05) is 19.5 Å². The van der Waals surface area contributed by atoms with Gasteiger partial charge in [-0.15, -0.1) is 0 Å². The lowest BCUT2D eigenvalue weighted by Crippen LogP contribution is -2.40. The molecule has 1 aromatic carbocycles. The second-order valence-corrected chi connectivity index (χ2v) is 10.0. The number of nitrogens with one attached hydrogen (secondary N) is 3. The third-order valence-corrected chi connectivity index (χ3v) is 5.87. The Balaban J connectivity index is -0.000000341. The molecule has 0 aliphatic heterocycles. The Morgan fingerprint density at radius 2 is 1.31 bits per heavy atom. The van der Waals surface area contributed by atoms with Crippen molar-refractivity contribution in [1.82, 2.24) is 16.0 Å². The van der Waals surface area contributed by atoms with E-state index in [0.29, 0.717) is 91.9 Å². The Hall–Kier alpha value is -3.67.